The van der Waals surface area contributed by atoms with Gasteiger partial charge in [0.1, 0.15) is 0 Å². The first-order valence-corrected chi connectivity index (χ1v) is 24.7. The number of benzene rings is 13. The lowest BCUT2D eigenvalue weighted by Crippen LogP contribution is -2.05. The van der Waals surface area contributed by atoms with Crippen molar-refractivity contribution >= 4 is 43.1 Å². The highest BCUT2D eigenvalue weighted by Crippen LogP contribution is 2.47. The summed E-state index contributed by atoms with van der Waals surface area (Å²) < 4.78 is 0. The Hall–Kier alpha value is -9.10. The molecule has 0 heterocycles. The Kier molecular flexibility index (Phi) is 10.7. The SMILES string of the molecule is c1ccc(-c2c(-c3ccccc3)c3cc(-c4ccccc4C(c4ccc(-c5ccc(-c6cccc7ccccc67)cc5)cc4)c4ccc(-c5cccc6ccccc56)cc4)ccc3c3ccccc23)cc1. The maximum Gasteiger partial charge on any atom is 0.0346 e. The van der Waals surface area contributed by atoms with Gasteiger partial charge in [0.05, 0.1) is 0 Å². The van der Waals surface area contributed by atoms with Crippen molar-refractivity contribution in [3.05, 3.63) is 302 Å². The Labute approximate surface area is 415 Å². The highest BCUT2D eigenvalue weighted by atomic mass is 14.3. The fourth-order valence-electron chi connectivity index (χ4n) is 11.3. The molecule has 1 atom stereocenters. The van der Waals surface area contributed by atoms with E-state index in [-0.39, 0.29) is 5.92 Å². The van der Waals surface area contributed by atoms with Crippen LogP contribution in [0.4, 0.5) is 0 Å². The summed E-state index contributed by atoms with van der Waals surface area (Å²) in [4.78, 5) is 0. The van der Waals surface area contributed by atoms with Crippen molar-refractivity contribution in [3.8, 4) is 66.8 Å². The lowest BCUT2D eigenvalue weighted by molar-refractivity contribution is 0.980. The van der Waals surface area contributed by atoms with Gasteiger partial charge in [-0.1, -0.05) is 279 Å². The maximum absolute atomic E-state index is 2.46. The van der Waals surface area contributed by atoms with Gasteiger partial charge < -0.3 is 0 Å². The highest BCUT2D eigenvalue weighted by Gasteiger charge is 2.23. The monoisotopic (exact) mass is 900 g/mol. The van der Waals surface area contributed by atoms with E-state index in [0.29, 0.717) is 0 Å². The van der Waals surface area contributed by atoms with Crippen LogP contribution in [-0.2, 0) is 0 Å². The summed E-state index contributed by atoms with van der Waals surface area (Å²) >= 11 is 0. The summed E-state index contributed by atoms with van der Waals surface area (Å²) in [5, 5.41) is 10.1. The van der Waals surface area contributed by atoms with E-state index in [1.165, 1.54) is 127 Å². The van der Waals surface area contributed by atoms with Crippen LogP contribution in [0.1, 0.15) is 22.6 Å². The molecule has 13 aromatic rings. The smallest absolute Gasteiger partial charge is 0.0346 e. The van der Waals surface area contributed by atoms with Gasteiger partial charge in [0.2, 0.25) is 0 Å². The first kappa shape index (κ1) is 42.0. The summed E-state index contributed by atoms with van der Waals surface area (Å²) in [7, 11) is 0. The summed E-state index contributed by atoms with van der Waals surface area (Å²) in [5.41, 5.74) is 18.4. The number of hydrogen-bond acceptors (Lipinski definition) is 0. The normalized spacial score (nSPS) is 11.9. The van der Waals surface area contributed by atoms with Crippen molar-refractivity contribution in [1.82, 2.24) is 0 Å². The molecule has 71 heavy (non-hydrogen) atoms. The van der Waals surface area contributed by atoms with Gasteiger partial charge in [-0.15, -0.1) is 0 Å². The quantitative estimate of drug-likeness (QED) is 0.100. The molecular weight excluding hydrogens is 853 g/mol. The predicted octanol–water partition coefficient (Wildman–Crippen LogP) is 19.5. The van der Waals surface area contributed by atoms with Crippen LogP contribution in [0.2, 0.25) is 0 Å². The Morgan fingerprint density at radius 2 is 0.577 bits per heavy atom. The minimum atomic E-state index is -0.0451. The molecule has 1 unspecified atom stereocenters. The average Bonchev–Trinajstić information content (AvgIpc) is 3.45. The largest absolute Gasteiger partial charge is 0.0622 e. The van der Waals surface area contributed by atoms with E-state index in [1.807, 2.05) is 0 Å². The van der Waals surface area contributed by atoms with Crippen LogP contribution in [0.15, 0.2) is 285 Å². The third-order valence-corrected chi connectivity index (χ3v) is 14.6. The van der Waals surface area contributed by atoms with E-state index in [2.05, 4.69) is 285 Å². The van der Waals surface area contributed by atoms with Gasteiger partial charge >= 0.3 is 0 Å². The fraction of sp³-hybridized carbons (Fsp3) is 0.0141. The molecule has 0 amide bonds. The second kappa shape index (κ2) is 18.1. The summed E-state index contributed by atoms with van der Waals surface area (Å²) in [6, 6.07) is 105. The van der Waals surface area contributed by atoms with Gasteiger partial charge in [-0.2, -0.15) is 0 Å². The number of fused-ring (bicyclic) bond motifs is 5. The lowest BCUT2D eigenvalue weighted by Gasteiger charge is -2.24. The van der Waals surface area contributed by atoms with Crippen molar-refractivity contribution in [2.24, 2.45) is 0 Å². The van der Waals surface area contributed by atoms with Gasteiger partial charge in [-0.3, -0.25) is 0 Å². The maximum atomic E-state index is 2.46. The molecule has 0 aromatic heterocycles. The van der Waals surface area contributed by atoms with Crippen LogP contribution in [0.3, 0.4) is 0 Å². The van der Waals surface area contributed by atoms with Crippen molar-refractivity contribution in [2.45, 2.75) is 5.92 Å². The van der Waals surface area contributed by atoms with E-state index in [4.69, 9.17) is 0 Å². The zero-order valence-electron chi connectivity index (χ0n) is 39.2. The van der Waals surface area contributed by atoms with Crippen LogP contribution in [0.5, 0.6) is 0 Å². The zero-order valence-corrected chi connectivity index (χ0v) is 39.2. The predicted molar refractivity (Wildman–Crippen MR) is 303 cm³/mol. The van der Waals surface area contributed by atoms with E-state index in [1.54, 1.807) is 0 Å². The van der Waals surface area contributed by atoms with Crippen molar-refractivity contribution in [3.63, 3.8) is 0 Å². The Morgan fingerprint density at radius 3 is 1.15 bits per heavy atom. The van der Waals surface area contributed by atoms with Gasteiger partial charge in [-0.05, 0) is 133 Å². The lowest BCUT2D eigenvalue weighted by atomic mass is 9.79. The van der Waals surface area contributed by atoms with E-state index in [9.17, 15) is 0 Å². The third-order valence-electron chi connectivity index (χ3n) is 14.6. The molecule has 332 valence electrons. The fourth-order valence-corrected chi connectivity index (χ4v) is 11.3. The van der Waals surface area contributed by atoms with Gasteiger partial charge in [-0.25, -0.2) is 0 Å². The first-order valence-electron chi connectivity index (χ1n) is 24.7. The van der Waals surface area contributed by atoms with Crippen LogP contribution >= 0.6 is 0 Å². The van der Waals surface area contributed by atoms with Crippen LogP contribution in [0.25, 0.3) is 110 Å². The summed E-state index contributed by atoms with van der Waals surface area (Å²) in [5.74, 6) is -0.0451. The van der Waals surface area contributed by atoms with Crippen LogP contribution < -0.4 is 0 Å². The van der Waals surface area contributed by atoms with E-state index in [0.717, 1.165) is 0 Å². The standard InChI is InChI=1S/C71H48/c1-3-19-54(20-4-1)70-67-30-14-12-28-64(67)65-46-45-58(47-68(65)71(70)55-21-5-2-6-22-55)63-27-11-13-29-66(63)69(57-43-39-53(40-44-57)62-32-16-24-51-18-8-10-26-60(51)62)56-41-35-49(36-42-56)48-33-37-52(38-34-48)61-31-15-23-50-17-7-9-25-59(50)61/h1-47,69H. The Balaban J connectivity index is 0.959. The molecule has 0 aliphatic carbocycles. The molecule has 0 aliphatic heterocycles. The molecule has 13 aromatic carbocycles. The molecular formula is C71H48. The first-order chi connectivity index (χ1) is 35.2. The molecule has 13 rings (SSSR count). The molecule has 0 aliphatic rings. The zero-order chi connectivity index (χ0) is 47.1. The highest BCUT2D eigenvalue weighted by molar-refractivity contribution is 6.22. The molecule has 0 heteroatoms. The van der Waals surface area contributed by atoms with E-state index < -0.39 is 0 Å². The molecule has 0 bridgehead atoms. The van der Waals surface area contributed by atoms with Crippen LogP contribution in [-0.4, -0.2) is 0 Å². The average molecular weight is 901 g/mol. The van der Waals surface area contributed by atoms with Crippen LogP contribution in [0, 0.1) is 0 Å². The Bertz CT molecular complexity index is 4040. The number of hydrogen-bond donors (Lipinski definition) is 0. The van der Waals surface area contributed by atoms with Gasteiger partial charge in [0.15, 0.2) is 0 Å². The number of rotatable bonds is 9. The minimum Gasteiger partial charge on any atom is -0.0622 e. The second-order valence-electron chi connectivity index (χ2n) is 18.7. The minimum absolute atomic E-state index is 0.0451. The molecule has 0 fully saturated rings. The summed E-state index contributed by atoms with van der Waals surface area (Å²) in [6.45, 7) is 0. The van der Waals surface area contributed by atoms with Gasteiger partial charge in [0, 0.05) is 5.92 Å². The van der Waals surface area contributed by atoms with Crippen molar-refractivity contribution in [1.29, 1.82) is 0 Å². The molecule has 0 saturated heterocycles. The third kappa shape index (κ3) is 7.68. The molecule has 0 saturated carbocycles. The van der Waals surface area contributed by atoms with Gasteiger partial charge in [0.25, 0.3) is 0 Å². The van der Waals surface area contributed by atoms with E-state index >= 15 is 0 Å². The summed E-state index contributed by atoms with van der Waals surface area (Å²) in [6.07, 6.45) is 0. The topological polar surface area (TPSA) is 0 Å². The van der Waals surface area contributed by atoms with Crippen molar-refractivity contribution in [2.75, 3.05) is 0 Å². The van der Waals surface area contributed by atoms with Crippen molar-refractivity contribution < 1.29 is 0 Å². The second-order valence-corrected chi connectivity index (χ2v) is 18.7. The molecule has 0 radical (unpaired) electrons. The molecule has 0 nitrogen and oxygen atoms in total. The Morgan fingerprint density at radius 1 is 0.197 bits per heavy atom. The molecule has 0 spiro atoms. The molecule has 0 N–H and O–H groups in total.